The van der Waals surface area contributed by atoms with Gasteiger partial charge in [-0.05, 0) is 24.6 Å². The van der Waals surface area contributed by atoms with Crippen molar-refractivity contribution in [2.75, 3.05) is 0 Å². The normalized spacial score (nSPS) is 10.3. The predicted octanol–water partition coefficient (Wildman–Crippen LogP) is 1.96. The molecule has 0 spiro atoms. The molecule has 0 bridgehead atoms. The zero-order chi connectivity index (χ0) is 13.1. The second-order valence-electron chi connectivity index (χ2n) is 3.86. The van der Waals surface area contributed by atoms with Crippen LogP contribution in [0.3, 0.4) is 0 Å². The van der Waals surface area contributed by atoms with Crippen LogP contribution in [-0.4, -0.2) is 10.9 Å². The van der Waals surface area contributed by atoms with Gasteiger partial charge in [-0.2, -0.15) is 0 Å². The van der Waals surface area contributed by atoms with Crippen molar-refractivity contribution in [2.24, 2.45) is 0 Å². The third kappa shape index (κ3) is 3.02. The standard InChI is InChI=1S/C12H12N2O2S2/c1-7-2-3-9(17)4-10(7)11(15)13-5-8-6-18-12(16)14-8/h2-4,6,17H,5H2,1H3,(H,13,15)(H,14,16). The fourth-order valence-electron chi connectivity index (χ4n) is 1.53. The van der Waals surface area contributed by atoms with Crippen LogP contribution in [-0.2, 0) is 6.54 Å². The summed E-state index contributed by atoms with van der Waals surface area (Å²) in [5.41, 5.74) is 2.20. The van der Waals surface area contributed by atoms with E-state index in [0.717, 1.165) is 21.8 Å². The van der Waals surface area contributed by atoms with Gasteiger partial charge in [0.2, 0.25) is 0 Å². The number of aromatic nitrogens is 1. The Bertz CT molecular complexity index is 631. The number of hydrogen-bond acceptors (Lipinski definition) is 4. The van der Waals surface area contributed by atoms with Crippen LogP contribution in [0.4, 0.5) is 0 Å². The van der Waals surface area contributed by atoms with E-state index in [-0.39, 0.29) is 10.8 Å². The first-order valence-corrected chi connectivity index (χ1v) is 6.63. The summed E-state index contributed by atoms with van der Waals surface area (Å²) in [7, 11) is 0. The predicted molar refractivity (Wildman–Crippen MR) is 74.5 cm³/mol. The molecule has 0 aliphatic heterocycles. The molecule has 0 aliphatic carbocycles. The number of thiazole rings is 1. The summed E-state index contributed by atoms with van der Waals surface area (Å²) in [5, 5.41) is 4.46. The Morgan fingerprint density at radius 1 is 1.50 bits per heavy atom. The van der Waals surface area contributed by atoms with Crippen molar-refractivity contribution in [3.63, 3.8) is 0 Å². The first kappa shape index (κ1) is 12.9. The van der Waals surface area contributed by atoms with Gasteiger partial charge in [0.15, 0.2) is 0 Å². The number of amides is 1. The number of thiol groups is 1. The summed E-state index contributed by atoms with van der Waals surface area (Å²) in [6, 6.07) is 5.42. The minimum Gasteiger partial charge on any atom is -0.346 e. The van der Waals surface area contributed by atoms with Crippen molar-refractivity contribution in [3.8, 4) is 0 Å². The van der Waals surface area contributed by atoms with Gasteiger partial charge in [-0.15, -0.1) is 12.6 Å². The van der Waals surface area contributed by atoms with E-state index in [9.17, 15) is 9.59 Å². The third-order valence-corrected chi connectivity index (χ3v) is 3.47. The zero-order valence-corrected chi connectivity index (χ0v) is 11.4. The molecule has 2 aromatic rings. The van der Waals surface area contributed by atoms with Crippen LogP contribution >= 0.6 is 24.0 Å². The third-order valence-electron chi connectivity index (χ3n) is 2.48. The van der Waals surface area contributed by atoms with E-state index in [1.54, 1.807) is 11.4 Å². The molecule has 0 fully saturated rings. The van der Waals surface area contributed by atoms with Gasteiger partial charge in [0, 0.05) is 21.5 Å². The molecule has 6 heteroatoms. The Balaban J connectivity index is 2.08. The molecule has 1 amide bonds. The van der Waals surface area contributed by atoms with E-state index in [1.165, 1.54) is 0 Å². The van der Waals surface area contributed by atoms with E-state index in [0.29, 0.717) is 17.8 Å². The number of H-pyrrole nitrogens is 1. The molecule has 2 rings (SSSR count). The summed E-state index contributed by atoms with van der Waals surface area (Å²) >= 11 is 5.29. The van der Waals surface area contributed by atoms with Gasteiger partial charge in [0.1, 0.15) is 0 Å². The van der Waals surface area contributed by atoms with Crippen LogP contribution in [0.2, 0.25) is 0 Å². The SMILES string of the molecule is Cc1ccc(S)cc1C(=O)NCc1csc(=O)[nH]1. The number of aryl methyl sites for hydroxylation is 1. The van der Waals surface area contributed by atoms with E-state index in [2.05, 4.69) is 22.9 Å². The summed E-state index contributed by atoms with van der Waals surface area (Å²) in [5.74, 6) is -0.171. The van der Waals surface area contributed by atoms with Crippen LogP contribution in [0, 0.1) is 6.92 Å². The van der Waals surface area contributed by atoms with Gasteiger partial charge in [-0.3, -0.25) is 9.59 Å². The van der Waals surface area contributed by atoms with Crippen molar-refractivity contribution in [1.82, 2.24) is 10.3 Å². The van der Waals surface area contributed by atoms with Crippen molar-refractivity contribution in [1.29, 1.82) is 0 Å². The minimum atomic E-state index is -0.171. The Morgan fingerprint density at radius 2 is 2.28 bits per heavy atom. The molecule has 0 unspecified atom stereocenters. The molecule has 0 radical (unpaired) electrons. The maximum Gasteiger partial charge on any atom is 0.304 e. The number of aromatic amines is 1. The second-order valence-corrected chi connectivity index (χ2v) is 5.21. The number of carbonyl (C=O) groups is 1. The molecule has 18 heavy (non-hydrogen) atoms. The van der Waals surface area contributed by atoms with Crippen LogP contribution in [0.1, 0.15) is 21.6 Å². The number of nitrogens with one attached hydrogen (secondary N) is 2. The lowest BCUT2D eigenvalue weighted by Gasteiger charge is -2.07. The van der Waals surface area contributed by atoms with Crippen molar-refractivity contribution >= 4 is 29.9 Å². The first-order valence-electron chi connectivity index (χ1n) is 5.31. The van der Waals surface area contributed by atoms with Gasteiger partial charge in [0.05, 0.1) is 6.54 Å². The Kier molecular flexibility index (Phi) is 3.88. The largest absolute Gasteiger partial charge is 0.346 e. The maximum absolute atomic E-state index is 12.0. The molecular formula is C12H12N2O2S2. The average molecular weight is 280 g/mol. The molecule has 1 aromatic carbocycles. The average Bonchev–Trinajstić information content (AvgIpc) is 2.75. The molecule has 0 saturated carbocycles. The topological polar surface area (TPSA) is 62.0 Å². The van der Waals surface area contributed by atoms with Crippen LogP contribution in [0.5, 0.6) is 0 Å². The molecule has 0 aliphatic rings. The van der Waals surface area contributed by atoms with Gasteiger partial charge in [-0.1, -0.05) is 17.4 Å². The van der Waals surface area contributed by atoms with Crippen molar-refractivity contribution in [3.05, 3.63) is 50.1 Å². The smallest absolute Gasteiger partial charge is 0.304 e. The van der Waals surface area contributed by atoms with Gasteiger partial charge < -0.3 is 10.3 Å². The van der Waals surface area contributed by atoms with Crippen molar-refractivity contribution < 1.29 is 4.79 Å². The highest BCUT2D eigenvalue weighted by molar-refractivity contribution is 7.80. The van der Waals surface area contributed by atoms with Crippen LogP contribution in [0.25, 0.3) is 0 Å². The highest BCUT2D eigenvalue weighted by atomic mass is 32.1. The van der Waals surface area contributed by atoms with Crippen LogP contribution in [0.15, 0.2) is 33.3 Å². The fourth-order valence-corrected chi connectivity index (χ4v) is 2.31. The Hall–Kier alpha value is -1.53. The van der Waals surface area contributed by atoms with E-state index in [1.807, 2.05) is 19.1 Å². The highest BCUT2D eigenvalue weighted by Gasteiger charge is 2.09. The Labute approximate surface area is 113 Å². The lowest BCUT2D eigenvalue weighted by atomic mass is 10.1. The van der Waals surface area contributed by atoms with E-state index >= 15 is 0 Å². The van der Waals surface area contributed by atoms with Gasteiger partial charge >= 0.3 is 4.87 Å². The number of hydrogen-bond donors (Lipinski definition) is 3. The second kappa shape index (κ2) is 5.41. The number of rotatable bonds is 3. The quantitative estimate of drug-likeness (QED) is 0.753. The van der Waals surface area contributed by atoms with E-state index in [4.69, 9.17) is 0 Å². The zero-order valence-electron chi connectivity index (χ0n) is 9.69. The monoisotopic (exact) mass is 280 g/mol. The lowest BCUT2D eigenvalue weighted by Crippen LogP contribution is -2.24. The summed E-state index contributed by atoms with van der Waals surface area (Å²) in [4.78, 5) is 26.2. The maximum atomic E-state index is 12.0. The summed E-state index contributed by atoms with van der Waals surface area (Å²) in [6.45, 7) is 2.18. The summed E-state index contributed by atoms with van der Waals surface area (Å²) in [6.07, 6.45) is 0. The lowest BCUT2D eigenvalue weighted by molar-refractivity contribution is 0.0949. The van der Waals surface area contributed by atoms with Crippen LogP contribution < -0.4 is 10.2 Å². The fraction of sp³-hybridized carbons (Fsp3) is 0.167. The van der Waals surface area contributed by atoms with Gasteiger partial charge in [0.25, 0.3) is 5.91 Å². The highest BCUT2D eigenvalue weighted by Crippen LogP contribution is 2.14. The number of benzene rings is 1. The first-order chi connectivity index (χ1) is 8.56. The van der Waals surface area contributed by atoms with E-state index < -0.39 is 0 Å². The summed E-state index contributed by atoms with van der Waals surface area (Å²) < 4.78 is 0. The molecule has 2 N–H and O–H groups in total. The number of carbonyl (C=O) groups excluding carboxylic acids is 1. The molecule has 0 atom stereocenters. The molecule has 94 valence electrons. The molecular weight excluding hydrogens is 268 g/mol. The Morgan fingerprint density at radius 3 is 2.94 bits per heavy atom. The van der Waals surface area contributed by atoms with Crippen molar-refractivity contribution in [2.45, 2.75) is 18.4 Å². The molecule has 4 nitrogen and oxygen atoms in total. The minimum absolute atomic E-state index is 0.118. The molecule has 1 aromatic heterocycles. The molecule has 1 heterocycles. The van der Waals surface area contributed by atoms with Gasteiger partial charge in [-0.25, -0.2) is 0 Å². The molecule has 0 saturated heterocycles.